The van der Waals surface area contributed by atoms with Gasteiger partial charge in [-0.05, 0) is 66.9 Å². The van der Waals surface area contributed by atoms with Gasteiger partial charge in [-0.25, -0.2) is 0 Å². The maximum absolute atomic E-state index is 13.0. The Balaban J connectivity index is 2.01. The standard InChI is InChI=1S/C20H22F3N5/c1-5-14-9-6-8-13(2)17(14)28-18(25-26-27-28)19(3,4)24-16-11-7-10-15(12-16)20(21,22)23/h6-12,24H,5H2,1-4H3. The lowest BCUT2D eigenvalue weighted by atomic mass is 10.0. The van der Waals surface area contributed by atoms with Gasteiger partial charge in [0.2, 0.25) is 0 Å². The number of para-hydroxylation sites is 1. The molecule has 0 atom stereocenters. The normalized spacial score (nSPS) is 12.2. The van der Waals surface area contributed by atoms with Crippen molar-refractivity contribution in [1.82, 2.24) is 20.2 Å². The summed E-state index contributed by atoms with van der Waals surface area (Å²) in [6.45, 7) is 7.69. The van der Waals surface area contributed by atoms with Gasteiger partial charge >= 0.3 is 6.18 Å². The Kier molecular flexibility index (Phi) is 5.14. The number of nitrogens with one attached hydrogen (secondary N) is 1. The highest BCUT2D eigenvalue weighted by Crippen LogP contribution is 2.33. The largest absolute Gasteiger partial charge is 0.416 e. The van der Waals surface area contributed by atoms with Crippen LogP contribution < -0.4 is 5.32 Å². The Morgan fingerprint density at radius 3 is 2.46 bits per heavy atom. The lowest BCUT2D eigenvalue weighted by Gasteiger charge is -2.27. The third-order valence-corrected chi connectivity index (χ3v) is 4.59. The highest BCUT2D eigenvalue weighted by Gasteiger charge is 2.32. The number of tetrazole rings is 1. The summed E-state index contributed by atoms with van der Waals surface area (Å²) in [5, 5.41) is 15.3. The Hall–Kier alpha value is -2.90. The first-order chi connectivity index (χ1) is 13.1. The summed E-state index contributed by atoms with van der Waals surface area (Å²) in [7, 11) is 0. The highest BCUT2D eigenvalue weighted by molar-refractivity contribution is 5.51. The Morgan fingerprint density at radius 1 is 1.07 bits per heavy atom. The van der Waals surface area contributed by atoms with Crippen LogP contribution >= 0.6 is 0 Å². The van der Waals surface area contributed by atoms with Gasteiger partial charge in [0, 0.05) is 5.69 Å². The molecule has 0 bridgehead atoms. The predicted molar refractivity (Wildman–Crippen MR) is 101 cm³/mol. The molecule has 0 unspecified atom stereocenters. The van der Waals surface area contributed by atoms with Crippen molar-refractivity contribution in [1.29, 1.82) is 0 Å². The number of alkyl halides is 3. The van der Waals surface area contributed by atoms with Crippen molar-refractivity contribution in [3.05, 3.63) is 65.0 Å². The molecule has 0 spiro atoms. The fourth-order valence-corrected chi connectivity index (χ4v) is 3.23. The van der Waals surface area contributed by atoms with E-state index in [1.165, 1.54) is 6.07 Å². The minimum atomic E-state index is -4.40. The molecule has 148 valence electrons. The maximum atomic E-state index is 13.0. The minimum absolute atomic E-state index is 0.342. The molecule has 0 aliphatic heterocycles. The summed E-state index contributed by atoms with van der Waals surface area (Å²) in [5.41, 5.74) is 1.81. The molecule has 0 saturated heterocycles. The van der Waals surface area contributed by atoms with Crippen LogP contribution in [0.5, 0.6) is 0 Å². The number of hydrogen-bond donors (Lipinski definition) is 1. The molecule has 1 aromatic heterocycles. The van der Waals surface area contributed by atoms with Gasteiger partial charge in [-0.1, -0.05) is 31.2 Å². The first kappa shape index (κ1) is 19.9. The molecule has 0 fully saturated rings. The van der Waals surface area contributed by atoms with Gasteiger partial charge in [0.05, 0.1) is 16.8 Å². The summed E-state index contributed by atoms with van der Waals surface area (Å²) in [6, 6.07) is 11.1. The van der Waals surface area contributed by atoms with Crippen molar-refractivity contribution in [2.45, 2.75) is 45.8 Å². The van der Waals surface area contributed by atoms with Crippen molar-refractivity contribution in [2.75, 3.05) is 5.32 Å². The van der Waals surface area contributed by atoms with E-state index in [2.05, 4.69) is 20.8 Å². The molecule has 5 nitrogen and oxygen atoms in total. The van der Waals surface area contributed by atoms with Crippen LogP contribution in [0.15, 0.2) is 42.5 Å². The van der Waals surface area contributed by atoms with Crippen LogP contribution in [-0.2, 0) is 18.1 Å². The zero-order valence-electron chi connectivity index (χ0n) is 16.2. The van der Waals surface area contributed by atoms with E-state index in [4.69, 9.17) is 0 Å². The molecule has 0 aliphatic rings. The Labute approximate surface area is 161 Å². The van der Waals surface area contributed by atoms with Gasteiger partial charge < -0.3 is 5.32 Å². The summed E-state index contributed by atoms with van der Waals surface area (Å²) in [6.07, 6.45) is -3.60. The molecule has 28 heavy (non-hydrogen) atoms. The van der Waals surface area contributed by atoms with Crippen LogP contribution in [0.1, 0.15) is 43.3 Å². The number of nitrogens with zero attached hydrogens (tertiary/aromatic N) is 4. The molecule has 0 radical (unpaired) electrons. The fraction of sp³-hybridized carbons (Fsp3) is 0.350. The first-order valence-electron chi connectivity index (χ1n) is 8.96. The maximum Gasteiger partial charge on any atom is 0.416 e. The number of rotatable bonds is 5. The van der Waals surface area contributed by atoms with Gasteiger partial charge in [-0.15, -0.1) is 5.10 Å². The van der Waals surface area contributed by atoms with Gasteiger partial charge in [0.1, 0.15) is 0 Å². The number of aryl methyl sites for hydroxylation is 2. The van der Waals surface area contributed by atoms with Gasteiger partial charge in [0.15, 0.2) is 5.82 Å². The predicted octanol–water partition coefficient (Wildman–Crippen LogP) is 4.90. The second kappa shape index (κ2) is 7.26. The average Bonchev–Trinajstić information content (AvgIpc) is 3.11. The zero-order chi connectivity index (χ0) is 20.5. The van der Waals surface area contributed by atoms with Crippen LogP contribution in [0.4, 0.5) is 18.9 Å². The van der Waals surface area contributed by atoms with E-state index in [1.54, 1.807) is 10.7 Å². The van der Waals surface area contributed by atoms with E-state index in [9.17, 15) is 13.2 Å². The minimum Gasteiger partial charge on any atom is -0.373 e. The van der Waals surface area contributed by atoms with Crippen LogP contribution in [0.3, 0.4) is 0 Å². The summed E-state index contributed by atoms with van der Waals surface area (Å²) in [5.74, 6) is 0.508. The molecule has 0 amide bonds. The average molecular weight is 389 g/mol. The molecule has 2 aromatic carbocycles. The highest BCUT2D eigenvalue weighted by atomic mass is 19.4. The number of benzene rings is 2. The lowest BCUT2D eigenvalue weighted by Crippen LogP contribution is -2.32. The molecule has 3 aromatic rings. The molecule has 0 aliphatic carbocycles. The lowest BCUT2D eigenvalue weighted by molar-refractivity contribution is -0.137. The van der Waals surface area contributed by atoms with Crippen molar-refractivity contribution in [2.24, 2.45) is 0 Å². The number of aromatic nitrogens is 4. The summed E-state index contributed by atoms with van der Waals surface area (Å²) in [4.78, 5) is 0. The van der Waals surface area contributed by atoms with Crippen molar-refractivity contribution in [3.8, 4) is 5.69 Å². The SMILES string of the molecule is CCc1cccc(C)c1-n1nnnc1C(C)(C)Nc1cccc(C(F)(F)F)c1. The van der Waals surface area contributed by atoms with Gasteiger partial charge in [-0.2, -0.15) is 17.9 Å². The van der Waals surface area contributed by atoms with Crippen LogP contribution in [0.2, 0.25) is 0 Å². The second-order valence-corrected chi connectivity index (χ2v) is 7.18. The van der Waals surface area contributed by atoms with Crippen molar-refractivity contribution >= 4 is 5.69 Å². The topological polar surface area (TPSA) is 55.6 Å². The first-order valence-corrected chi connectivity index (χ1v) is 8.96. The van der Waals surface area contributed by atoms with Crippen LogP contribution in [0.25, 0.3) is 5.69 Å². The van der Waals surface area contributed by atoms with Crippen LogP contribution in [0, 0.1) is 6.92 Å². The van der Waals surface area contributed by atoms with Crippen molar-refractivity contribution < 1.29 is 13.2 Å². The summed E-state index contributed by atoms with van der Waals surface area (Å²) >= 11 is 0. The molecule has 0 saturated carbocycles. The van der Waals surface area contributed by atoms with Crippen molar-refractivity contribution in [3.63, 3.8) is 0 Å². The van der Waals surface area contributed by atoms with Crippen LogP contribution in [-0.4, -0.2) is 20.2 Å². The molecule has 3 rings (SSSR count). The monoisotopic (exact) mass is 389 g/mol. The van der Waals surface area contributed by atoms with E-state index in [1.807, 2.05) is 45.9 Å². The number of halogens is 3. The Morgan fingerprint density at radius 2 is 1.79 bits per heavy atom. The Bertz CT molecular complexity index is 976. The second-order valence-electron chi connectivity index (χ2n) is 7.18. The number of hydrogen-bond acceptors (Lipinski definition) is 4. The number of anilines is 1. The molecule has 8 heteroatoms. The smallest absolute Gasteiger partial charge is 0.373 e. The third-order valence-electron chi connectivity index (χ3n) is 4.59. The summed E-state index contributed by atoms with van der Waals surface area (Å²) < 4.78 is 40.7. The molecular formula is C20H22F3N5. The van der Waals surface area contributed by atoms with Gasteiger partial charge in [-0.3, -0.25) is 0 Å². The fourth-order valence-electron chi connectivity index (χ4n) is 3.23. The van der Waals surface area contributed by atoms with E-state index in [0.29, 0.717) is 11.5 Å². The zero-order valence-corrected chi connectivity index (χ0v) is 16.2. The van der Waals surface area contributed by atoms with E-state index < -0.39 is 17.3 Å². The molecule has 1 heterocycles. The quantitative estimate of drug-likeness (QED) is 0.674. The van der Waals surface area contributed by atoms with E-state index in [-0.39, 0.29) is 0 Å². The molecule has 1 N–H and O–H groups in total. The van der Waals surface area contributed by atoms with E-state index >= 15 is 0 Å². The third kappa shape index (κ3) is 3.85. The molecular weight excluding hydrogens is 367 g/mol. The van der Waals surface area contributed by atoms with E-state index in [0.717, 1.165) is 35.4 Å². The van der Waals surface area contributed by atoms with Gasteiger partial charge in [0.25, 0.3) is 0 Å².